The molecule has 0 amide bonds. The van der Waals surface area contributed by atoms with Crippen molar-refractivity contribution in [3.05, 3.63) is 33.8 Å². The molecular formula is C10H9N3OS. The third-order valence-electron chi connectivity index (χ3n) is 2.94. The first-order valence-electron chi connectivity index (χ1n) is 4.76. The van der Waals surface area contributed by atoms with E-state index in [1.165, 1.54) is 16.9 Å². The van der Waals surface area contributed by atoms with E-state index in [4.69, 9.17) is 0 Å². The first-order valence-corrected chi connectivity index (χ1v) is 5.63. The monoisotopic (exact) mass is 219 g/mol. The molecule has 76 valence electrons. The summed E-state index contributed by atoms with van der Waals surface area (Å²) in [5, 5.41) is 12.7. The van der Waals surface area contributed by atoms with Crippen molar-refractivity contribution >= 4 is 17.6 Å². The van der Waals surface area contributed by atoms with Gasteiger partial charge in [0.05, 0.1) is 16.8 Å². The van der Waals surface area contributed by atoms with Gasteiger partial charge >= 0.3 is 0 Å². The molecular weight excluding hydrogens is 210 g/mol. The molecule has 5 heteroatoms. The highest BCUT2D eigenvalue weighted by Crippen LogP contribution is 2.53. The second-order valence-corrected chi connectivity index (χ2v) is 4.74. The quantitative estimate of drug-likeness (QED) is 0.800. The predicted molar refractivity (Wildman–Crippen MR) is 56.1 cm³/mol. The van der Waals surface area contributed by atoms with Crippen LogP contribution in [0.5, 0.6) is 0 Å². The minimum Gasteiger partial charge on any atom is -0.297 e. The van der Waals surface area contributed by atoms with Gasteiger partial charge in [0.25, 0.3) is 0 Å². The zero-order valence-corrected chi connectivity index (χ0v) is 8.75. The molecule has 1 N–H and O–H groups in total. The number of nitrogens with one attached hydrogen (secondary N) is 1. The summed E-state index contributed by atoms with van der Waals surface area (Å²) in [5.74, 6) is 0. The van der Waals surface area contributed by atoms with Crippen molar-refractivity contribution in [2.24, 2.45) is 0 Å². The van der Waals surface area contributed by atoms with Crippen LogP contribution in [0.2, 0.25) is 0 Å². The lowest BCUT2D eigenvalue weighted by atomic mass is 9.95. The maximum absolute atomic E-state index is 10.6. The lowest BCUT2D eigenvalue weighted by molar-refractivity contribution is 0.112. The molecule has 0 spiro atoms. The van der Waals surface area contributed by atoms with Crippen molar-refractivity contribution in [3.63, 3.8) is 0 Å². The van der Waals surface area contributed by atoms with Crippen LogP contribution in [0, 0.1) is 0 Å². The van der Waals surface area contributed by atoms with Gasteiger partial charge in [0.15, 0.2) is 6.29 Å². The summed E-state index contributed by atoms with van der Waals surface area (Å²) in [7, 11) is 0. The number of aromatic nitrogens is 3. The fourth-order valence-corrected chi connectivity index (χ4v) is 2.72. The maximum atomic E-state index is 10.6. The fraction of sp³-hybridized carbons (Fsp3) is 0.300. The lowest BCUT2D eigenvalue weighted by Crippen LogP contribution is -2.07. The Kier molecular flexibility index (Phi) is 1.76. The van der Waals surface area contributed by atoms with Gasteiger partial charge in [0.2, 0.25) is 0 Å². The standard InChI is InChI=1S/C10H9N3OS/c14-5-8-3-7(6-15-8)10(1-2-10)9-4-11-13-12-9/h3-6H,1-2H2,(H,11,12,13). The summed E-state index contributed by atoms with van der Waals surface area (Å²) in [6.45, 7) is 0. The van der Waals surface area contributed by atoms with Crippen molar-refractivity contribution in [3.8, 4) is 0 Å². The van der Waals surface area contributed by atoms with E-state index in [9.17, 15) is 4.79 Å². The molecule has 15 heavy (non-hydrogen) atoms. The Balaban J connectivity index is 2.03. The number of H-pyrrole nitrogens is 1. The number of hydrogen-bond acceptors (Lipinski definition) is 4. The van der Waals surface area contributed by atoms with Gasteiger partial charge in [-0.2, -0.15) is 15.4 Å². The molecule has 1 aliphatic rings. The van der Waals surface area contributed by atoms with E-state index in [-0.39, 0.29) is 5.41 Å². The van der Waals surface area contributed by atoms with Crippen LogP contribution in [0.15, 0.2) is 17.6 Å². The average Bonchev–Trinajstić information content (AvgIpc) is 2.76. The summed E-state index contributed by atoms with van der Waals surface area (Å²) < 4.78 is 0. The maximum Gasteiger partial charge on any atom is 0.160 e. The van der Waals surface area contributed by atoms with Gasteiger partial charge in [-0.3, -0.25) is 4.79 Å². The van der Waals surface area contributed by atoms with Crippen LogP contribution in [0.3, 0.4) is 0 Å². The lowest BCUT2D eigenvalue weighted by Gasteiger charge is -2.08. The molecule has 0 radical (unpaired) electrons. The number of rotatable bonds is 3. The van der Waals surface area contributed by atoms with Crippen LogP contribution in [-0.2, 0) is 5.41 Å². The molecule has 0 saturated heterocycles. The fourth-order valence-electron chi connectivity index (χ4n) is 1.92. The Morgan fingerprint density at radius 2 is 2.40 bits per heavy atom. The van der Waals surface area contributed by atoms with E-state index in [2.05, 4.69) is 15.4 Å². The van der Waals surface area contributed by atoms with Gasteiger partial charge in [-0.25, -0.2) is 0 Å². The van der Waals surface area contributed by atoms with Gasteiger partial charge in [-0.1, -0.05) is 0 Å². The summed E-state index contributed by atoms with van der Waals surface area (Å²) in [5.41, 5.74) is 2.21. The van der Waals surface area contributed by atoms with Crippen LogP contribution < -0.4 is 0 Å². The predicted octanol–water partition coefficient (Wildman–Crippen LogP) is 1.76. The van der Waals surface area contributed by atoms with Gasteiger partial charge in [0, 0.05) is 5.41 Å². The second-order valence-electron chi connectivity index (χ2n) is 3.79. The number of carbonyl (C=O) groups is 1. The highest BCUT2D eigenvalue weighted by Gasteiger charge is 2.48. The molecule has 2 aromatic rings. The van der Waals surface area contributed by atoms with Crippen LogP contribution in [0.4, 0.5) is 0 Å². The van der Waals surface area contributed by atoms with Crippen LogP contribution in [0.1, 0.15) is 33.8 Å². The average molecular weight is 219 g/mol. The molecule has 1 fully saturated rings. The third-order valence-corrected chi connectivity index (χ3v) is 3.80. The van der Waals surface area contributed by atoms with Crippen LogP contribution in [-0.4, -0.2) is 21.7 Å². The highest BCUT2D eigenvalue weighted by atomic mass is 32.1. The molecule has 2 heterocycles. The molecule has 0 aromatic carbocycles. The first kappa shape index (κ1) is 8.79. The van der Waals surface area contributed by atoms with E-state index in [1.54, 1.807) is 6.20 Å². The van der Waals surface area contributed by atoms with E-state index in [0.29, 0.717) is 0 Å². The van der Waals surface area contributed by atoms with Crippen molar-refractivity contribution in [1.82, 2.24) is 15.4 Å². The molecule has 0 bridgehead atoms. The van der Waals surface area contributed by atoms with Crippen molar-refractivity contribution in [2.45, 2.75) is 18.3 Å². The molecule has 1 saturated carbocycles. The smallest absolute Gasteiger partial charge is 0.160 e. The van der Waals surface area contributed by atoms with Gasteiger partial charge < -0.3 is 0 Å². The zero-order valence-electron chi connectivity index (χ0n) is 7.93. The Morgan fingerprint density at radius 1 is 1.53 bits per heavy atom. The number of aldehydes is 1. The highest BCUT2D eigenvalue weighted by molar-refractivity contribution is 7.11. The Bertz CT molecular complexity index is 485. The van der Waals surface area contributed by atoms with E-state index in [0.717, 1.165) is 29.7 Å². The Hall–Kier alpha value is -1.49. The molecule has 2 aromatic heterocycles. The largest absolute Gasteiger partial charge is 0.297 e. The topological polar surface area (TPSA) is 58.6 Å². The SMILES string of the molecule is O=Cc1cc(C2(c3cn[nH]n3)CC2)cs1. The molecule has 0 unspecified atom stereocenters. The summed E-state index contributed by atoms with van der Waals surface area (Å²) in [6, 6.07) is 1.96. The summed E-state index contributed by atoms with van der Waals surface area (Å²) >= 11 is 1.49. The number of thiophene rings is 1. The normalized spacial score (nSPS) is 17.6. The van der Waals surface area contributed by atoms with Gasteiger partial charge in [-0.05, 0) is 29.9 Å². The summed E-state index contributed by atoms with van der Waals surface area (Å²) in [6.07, 6.45) is 4.85. The minimum absolute atomic E-state index is 0.0325. The molecule has 0 atom stereocenters. The van der Waals surface area contributed by atoms with Crippen molar-refractivity contribution in [2.75, 3.05) is 0 Å². The second kappa shape index (κ2) is 3.00. The first-order chi connectivity index (χ1) is 7.35. The molecule has 3 rings (SSSR count). The Labute approximate surface area is 90.3 Å². The van der Waals surface area contributed by atoms with E-state index < -0.39 is 0 Å². The van der Waals surface area contributed by atoms with Gasteiger partial charge in [-0.15, -0.1) is 11.3 Å². The van der Waals surface area contributed by atoms with Crippen LogP contribution in [0.25, 0.3) is 0 Å². The van der Waals surface area contributed by atoms with Crippen molar-refractivity contribution in [1.29, 1.82) is 0 Å². The van der Waals surface area contributed by atoms with Crippen LogP contribution >= 0.6 is 11.3 Å². The number of aromatic amines is 1. The molecule has 1 aliphatic carbocycles. The van der Waals surface area contributed by atoms with Crippen molar-refractivity contribution < 1.29 is 4.79 Å². The molecule has 4 nitrogen and oxygen atoms in total. The number of carbonyl (C=O) groups excluding carboxylic acids is 1. The molecule has 0 aliphatic heterocycles. The third kappa shape index (κ3) is 1.23. The van der Waals surface area contributed by atoms with E-state index in [1.807, 2.05) is 11.4 Å². The van der Waals surface area contributed by atoms with Gasteiger partial charge in [0.1, 0.15) is 0 Å². The Morgan fingerprint density at radius 3 is 2.93 bits per heavy atom. The summed E-state index contributed by atoms with van der Waals surface area (Å²) in [4.78, 5) is 11.4. The minimum atomic E-state index is 0.0325. The number of hydrogen-bond donors (Lipinski definition) is 1. The zero-order chi connectivity index (χ0) is 10.3. The van der Waals surface area contributed by atoms with E-state index >= 15 is 0 Å². The number of nitrogens with zero attached hydrogens (tertiary/aromatic N) is 2.